The molecule has 1 atom stereocenters. The van der Waals surface area contributed by atoms with Gasteiger partial charge in [0, 0.05) is 12.7 Å². The molecule has 0 fully saturated rings. The normalized spacial score (nSPS) is 14.9. The lowest BCUT2D eigenvalue weighted by Gasteiger charge is -2.21. The molecule has 1 aromatic rings. The molecule has 3 nitrogen and oxygen atoms in total. The van der Waals surface area contributed by atoms with Gasteiger partial charge in [0.1, 0.15) is 5.82 Å². The van der Waals surface area contributed by atoms with E-state index >= 15 is 0 Å². The lowest BCUT2D eigenvalue weighted by molar-refractivity contribution is 0.0696. The van der Waals surface area contributed by atoms with E-state index in [2.05, 4.69) is 10.3 Å². The summed E-state index contributed by atoms with van der Waals surface area (Å²) in [7, 11) is 0. The third-order valence-electron chi connectivity index (χ3n) is 2.32. The number of aliphatic hydroxyl groups is 1. The van der Waals surface area contributed by atoms with Crippen molar-refractivity contribution in [2.24, 2.45) is 0 Å². The Labute approximate surface area is 85.2 Å². The van der Waals surface area contributed by atoms with Gasteiger partial charge >= 0.3 is 0 Å². The van der Waals surface area contributed by atoms with Crippen molar-refractivity contribution in [3.05, 3.63) is 23.9 Å². The van der Waals surface area contributed by atoms with Gasteiger partial charge < -0.3 is 10.4 Å². The molecule has 1 heterocycles. The van der Waals surface area contributed by atoms with Gasteiger partial charge in [0.25, 0.3) is 0 Å². The number of nitrogens with one attached hydrogen (secondary N) is 1. The van der Waals surface area contributed by atoms with Crippen LogP contribution in [-0.2, 0) is 0 Å². The zero-order valence-electron chi connectivity index (χ0n) is 9.04. The number of aryl methyl sites for hydroxylation is 1. The molecule has 0 aliphatic heterocycles. The minimum absolute atomic E-state index is 0.527. The highest BCUT2D eigenvalue weighted by molar-refractivity contribution is 5.35. The first-order valence-corrected chi connectivity index (χ1v) is 4.92. The van der Waals surface area contributed by atoms with E-state index in [0.717, 1.165) is 17.8 Å². The Bertz CT molecular complexity index is 280. The van der Waals surface area contributed by atoms with Crippen molar-refractivity contribution in [1.29, 1.82) is 0 Å². The van der Waals surface area contributed by atoms with E-state index in [1.807, 2.05) is 39.1 Å². The lowest BCUT2D eigenvalue weighted by Crippen LogP contribution is -2.32. The quantitative estimate of drug-likeness (QED) is 0.770. The maximum Gasteiger partial charge on any atom is 0.125 e. The first-order chi connectivity index (χ1) is 6.53. The molecule has 78 valence electrons. The number of rotatable bonds is 4. The van der Waals surface area contributed by atoms with E-state index in [-0.39, 0.29) is 0 Å². The van der Waals surface area contributed by atoms with Gasteiger partial charge in [0.05, 0.1) is 5.60 Å². The standard InChI is InChI=1S/C11H18N2O/c1-4-11(3,14)8-13-10-6-5-9(2)7-12-10/h5-7,14H,4,8H2,1-3H3,(H,12,13). The molecule has 0 bridgehead atoms. The van der Waals surface area contributed by atoms with Crippen LogP contribution in [0.1, 0.15) is 25.8 Å². The van der Waals surface area contributed by atoms with Crippen molar-refractivity contribution in [3.63, 3.8) is 0 Å². The van der Waals surface area contributed by atoms with Crippen molar-refractivity contribution in [3.8, 4) is 0 Å². The van der Waals surface area contributed by atoms with Crippen molar-refractivity contribution in [1.82, 2.24) is 4.98 Å². The minimum Gasteiger partial charge on any atom is -0.388 e. The topological polar surface area (TPSA) is 45.1 Å². The zero-order valence-corrected chi connectivity index (χ0v) is 9.04. The van der Waals surface area contributed by atoms with Gasteiger partial charge in [-0.2, -0.15) is 0 Å². The van der Waals surface area contributed by atoms with Gasteiger partial charge in [0.15, 0.2) is 0 Å². The third-order valence-corrected chi connectivity index (χ3v) is 2.32. The monoisotopic (exact) mass is 194 g/mol. The summed E-state index contributed by atoms with van der Waals surface area (Å²) in [6.45, 7) is 6.30. The SMILES string of the molecule is CCC(C)(O)CNc1ccc(C)cn1. The van der Waals surface area contributed by atoms with E-state index < -0.39 is 5.60 Å². The maximum atomic E-state index is 9.75. The van der Waals surface area contributed by atoms with E-state index in [4.69, 9.17) is 0 Å². The second kappa shape index (κ2) is 4.42. The number of nitrogens with zero attached hydrogens (tertiary/aromatic N) is 1. The van der Waals surface area contributed by atoms with Crippen LogP contribution in [0.4, 0.5) is 5.82 Å². The van der Waals surface area contributed by atoms with Gasteiger partial charge in [-0.1, -0.05) is 13.0 Å². The highest BCUT2D eigenvalue weighted by Gasteiger charge is 2.16. The Morgan fingerprint density at radius 3 is 2.71 bits per heavy atom. The summed E-state index contributed by atoms with van der Waals surface area (Å²) < 4.78 is 0. The second-order valence-corrected chi connectivity index (χ2v) is 3.92. The van der Waals surface area contributed by atoms with E-state index in [9.17, 15) is 5.11 Å². The summed E-state index contributed by atoms with van der Waals surface area (Å²) >= 11 is 0. The van der Waals surface area contributed by atoms with Crippen LogP contribution in [0, 0.1) is 6.92 Å². The summed E-state index contributed by atoms with van der Waals surface area (Å²) in [5, 5.41) is 12.9. The Morgan fingerprint density at radius 2 is 2.21 bits per heavy atom. The average Bonchev–Trinajstić information content (AvgIpc) is 2.17. The summed E-state index contributed by atoms with van der Waals surface area (Å²) in [6.07, 6.45) is 2.54. The largest absolute Gasteiger partial charge is 0.388 e. The summed E-state index contributed by atoms with van der Waals surface area (Å²) in [5.41, 5.74) is 0.477. The van der Waals surface area contributed by atoms with Gasteiger partial charge in [-0.15, -0.1) is 0 Å². The zero-order chi connectivity index (χ0) is 10.6. The Morgan fingerprint density at radius 1 is 1.50 bits per heavy atom. The molecule has 0 aliphatic rings. The highest BCUT2D eigenvalue weighted by atomic mass is 16.3. The fourth-order valence-electron chi connectivity index (χ4n) is 0.978. The van der Waals surface area contributed by atoms with Crippen molar-refractivity contribution in [2.75, 3.05) is 11.9 Å². The first kappa shape index (κ1) is 11.0. The van der Waals surface area contributed by atoms with Crippen molar-refractivity contribution in [2.45, 2.75) is 32.8 Å². The molecule has 0 radical (unpaired) electrons. The molecule has 14 heavy (non-hydrogen) atoms. The van der Waals surface area contributed by atoms with Crippen LogP contribution in [-0.4, -0.2) is 22.2 Å². The highest BCUT2D eigenvalue weighted by Crippen LogP contribution is 2.10. The second-order valence-electron chi connectivity index (χ2n) is 3.92. The molecule has 0 aliphatic carbocycles. The van der Waals surface area contributed by atoms with Crippen molar-refractivity contribution < 1.29 is 5.11 Å². The third kappa shape index (κ3) is 3.34. The van der Waals surface area contributed by atoms with Crippen LogP contribution in [0.3, 0.4) is 0 Å². The molecule has 0 saturated heterocycles. The number of aromatic nitrogens is 1. The van der Waals surface area contributed by atoms with Crippen LogP contribution in [0.25, 0.3) is 0 Å². The van der Waals surface area contributed by atoms with Gasteiger partial charge in [-0.3, -0.25) is 0 Å². The Hall–Kier alpha value is -1.09. The number of pyridine rings is 1. The van der Waals surface area contributed by atoms with E-state index in [1.165, 1.54) is 0 Å². The van der Waals surface area contributed by atoms with Gasteiger partial charge in [-0.05, 0) is 31.9 Å². The smallest absolute Gasteiger partial charge is 0.125 e. The van der Waals surface area contributed by atoms with Crippen molar-refractivity contribution >= 4 is 5.82 Å². The Kier molecular flexibility index (Phi) is 3.47. The minimum atomic E-state index is -0.660. The summed E-state index contributed by atoms with van der Waals surface area (Å²) in [6, 6.07) is 3.91. The fraction of sp³-hybridized carbons (Fsp3) is 0.545. The number of hydrogen-bond donors (Lipinski definition) is 2. The fourth-order valence-corrected chi connectivity index (χ4v) is 0.978. The molecule has 0 saturated carbocycles. The van der Waals surface area contributed by atoms with Gasteiger partial charge in [0.2, 0.25) is 0 Å². The molecular formula is C11H18N2O. The molecule has 1 aromatic heterocycles. The number of hydrogen-bond acceptors (Lipinski definition) is 3. The summed E-state index contributed by atoms with van der Waals surface area (Å²) in [4.78, 5) is 4.19. The molecule has 1 rings (SSSR count). The van der Waals surface area contributed by atoms with Crippen LogP contribution in [0.15, 0.2) is 18.3 Å². The van der Waals surface area contributed by atoms with Crippen LogP contribution in [0.5, 0.6) is 0 Å². The lowest BCUT2D eigenvalue weighted by atomic mass is 10.0. The first-order valence-electron chi connectivity index (χ1n) is 4.92. The van der Waals surface area contributed by atoms with E-state index in [0.29, 0.717) is 6.54 Å². The molecule has 3 heteroatoms. The average molecular weight is 194 g/mol. The number of anilines is 1. The molecule has 0 amide bonds. The molecule has 2 N–H and O–H groups in total. The molecule has 0 spiro atoms. The van der Waals surface area contributed by atoms with Crippen LogP contribution >= 0.6 is 0 Å². The Balaban J connectivity index is 2.50. The van der Waals surface area contributed by atoms with E-state index in [1.54, 1.807) is 0 Å². The summed E-state index contributed by atoms with van der Waals surface area (Å²) in [5.74, 6) is 0.810. The molecular weight excluding hydrogens is 176 g/mol. The maximum absolute atomic E-state index is 9.75. The van der Waals surface area contributed by atoms with Crippen LogP contribution in [0.2, 0.25) is 0 Å². The predicted octanol–water partition coefficient (Wildman–Crippen LogP) is 1.96. The predicted molar refractivity (Wildman–Crippen MR) is 58.4 cm³/mol. The molecule has 0 aromatic carbocycles. The van der Waals surface area contributed by atoms with Crippen LogP contribution < -0.4 is 5.32 Å². The van der Waals surface area contributed by atoms with Gasteiger partial charge in [-0.25, -0.2) is 4.98 Å². The molecule has 1 unspecified atom stereocenters.